The van der Waals surface area contributed by atoms with Crippen molar-refractivity contribution in [2.24, 2.45) is 0 Å². The maximum Gasteiger partial charge on any atom is 0.351 e. The van der Waals surface area contributed by atoms with Crippen molar-refractivity contribution in [3.05, 3.63) is 48.3 Å². The minimum Gasteiger partial charge on any atom is -0.485 e. The number of benzene rings is 2. The van der Waals surface area contributed by atoms with E-state index >= 15 is 0 Å². The van der Waals surface area contributed by atoms with Gasteiger partial charge in [-0.05, 0) is 30.3 Å². The number of carbonyl (C=O) groups is 1. The Bertz CT molecular complexity index is 1020. The second-order valence-corrected chi connectivity index (χ2v) is 7.45. The average Bonchev–Trinajstić information content (AvgIpc) is 3.06. The molecule has 2 aliphatic heterocycles. The van der Waals surface area contributed by atoms with E-state index in [1.54, 1.807) is 18.2 Å². The molecule has 0 N–H and O–H groups in total. The highest BCUT2D eigenvalue weighted by Crippen LogP contribution is 2.33. The van der Waals surface area contributed by atoms with Crippen LogP contribution in [0.3, 0.4) is 0 Å². The number of hydrogen-bond acceptors (Lipinski definition) is 7. The molecule has 0 amide bonds. The van der Waals surface area contributed by atoms with E-state index in [4.69, 9.17) is 14.2 Å². The summed E-state index contributed by atoms with van der Waals surface area (Å²) in [7, 11) is 0. The first-order valence-corrected chi connectivity index (χ1v) is 9.37. The number of rotatable bonds is 3. The summed E-state index contributed by atoms with van der Waals surface area (Å²) in [6.45, 7) is 1.24. The first-order valence-electron chi connectivity index (χ1n) is 8.56. The quantitative estimate of drug-likeness (QED) is 0.645. The molecule has 6 nitrogen and oxygen atoms in total. The van der Waals surface area contributed by atoms with E-state index in [-0.39, 0.29) is 18.5 Å². The number of fused-ring (bicyclic) bond motifs is 2. The van der Waals surface area contributed by atoms with Gasteiger partial charge in [-0.1, -0.05) is 23.5 Å². The number of esters is 1. The van der Waals surface area contributed by atoms with Crippen molar-refractivity contribution >= 4 is 32.7 Å². The van der Waals surface area contributed by atoms with Crippen LogP contribution in [0.25, 0.3) is 10.2 Å². The summed E-state index contributed by atoms with van der Waals surface area (Å²) in [4.78, 5) is 18.8. The highest BCUT2D eigenvalue weighted by atomic mass is 32.1. The van der Waals surface area contributed by atoms with Crippen LogP contribution in [0.4, 0.5) is 9.52 Å². The second kappa shape index (κ2) is 6.38. The lowest BCUT2D eigenvalue weighted by atomic mass is 10.2. The van der Waals surface area contributed by atoms with Gasteiger partial charge >= 0.3 is 5.97 Å². The summed E-state index contributed by atoms with van der Waals surface area (Å²) >= 11 is 1.43. The van der Waals surface area contributed by atoms with Crippen LogP contribution in [0, 0.1) is 5.82 Å². The molecule has 1 saturated heterocycles. The zero-order valence-electron chi connectivity index (χ0n) is 14.1. The normalized spacial score (nSPS) is 19.0. The standard InChI is InChI=1S/C19H15FN2O4S/c20-11-5-6-13-17(7-11)27-19(21-13)22-8-12(9-22)25-18(23)16-10-24-14-3-1-2-4-15(14)26-16/h1-7,12,16H,8-10H2/t16-/m0/s1. The summed E-state index contributed by atoms with van der Waals surface area (Å²) in [6.07, 6.45) is -0.985. The summed E-state index contributed by atoms with van der Waals surface area (Å²) in [5, 5.41) is 0.800. The Labute approximate surface area is 158 Å². The van der Waals surface area contributed by atoms with Gasteiger partial charge in [0.05, 0.1) is 23.3 Å². The lowest BCUT2D eigenvalue weighted by Gasteiger charge is -2.38. The van der Waals surface area contributed by atoms with Crippen LogP contribution >= 0.6 is 11.3 Å². The number of anilines is 1. The Morgan fingerprint density at radius 2 is 2.04 bits per heavy atom. The predicted octanol–water partition coefficient (Wildman–Crippen LogP) is 3.01. The minimum atomic E-state index is -0.764. The summed E-state index contributed by atoms with van der Waals surface area (Å²) < 4.78 is 30.8. The topological polar surface area (TPSA) is 60.9 Å². The van der Waals surface area contributed by atoms with Crippen molar-refractivity contribution in [2.45, 2.75) is 12.2 Å². The van der Waals surface area contributed by atoms with Crippen molar-refractivity contribution < 1.29 is 23.4 Å². The van der Waals surface area contributed by atoms with E-state index in [9.17, 15) is 9.18 Å². The highest BCUT2D eigenvalue weighted by Gasteiger charge is 2.36. The number of aromatic nitrogens is 1. The smallest absolute Gasteiger partial charge is 0.351 e. The molecule has 0 unspecified atom stereocenters. The Hall–Kier alpha value is -2.87. The molecule has 1 atom stereocenters. The van der Waals surface area contributed by atoms with Crippen molar-refractivity contribution in [2.75, 3.05) is 24.6 Å². The number of ether oxygens (including phenoxy) is 3. The fourth-order valence-corrected chi connectivity index (χ4v) is 4.07. The molecule has 1 aromatic heterocycles. The molecule has 138 valence electrons. The van der Waals surface area contributed by atoms with E-state index in [0.717, 1.165) is 15.3 Å². The van der Waals surface area contributed by atoms with E-state index in [1.807, 2.05) is 17.0 Å². The van der Waals surface area contributed by atoms with Gasteiger partial charge in [-0.3, -0.25) is 0 Å². The minimum absolute atomic E-state index is 0.135. The van der Waals surface area contributed by atoms with Gasteiger partial charge in [-0.25, -0.2) is 14.2 Å². The summed E-state index contributed by atoms with van der Waals surface area (Å²) in [6, 6.07) is 11.8. The zero-order valence-corrected chi connectivity index (χ0v) is 14.9. The maximum absolute atomic E-state index is 13.3. The molecule has 27 heavy (non-hydrogen) atoms. The van der Waals surface area contributed by atoms with Crippen molar-refractivity contribution in [3.63, 3.8) is 0 Å². The van der Waals surface area contributed by atoms with Crippen LogP contribution < -0.4 is 14.4 Å². The van der Waals surface area contributed by atoms with E-state index in [1.165, 1.54) is 23.5 Å². The predicted molar refractivity (Wildman–Crippen MR) is 98.0 cm³/mol. The number of hydrogen-bond donors (Lipinski definition) is 0. The zero-order chi connectivity index (χ0) is 18.4. The molecule has 8 heteroatoms. The van der Waals surface area contributed by atoms with E-state index in [0.29, 0.717) is 24.6 Å². The largest absolute Gasteiger partial charge is 0.485 e. The third-order valence-electron chi connectivity index (χ3n) is 4.51. The molecule has 1 fully saturated rings. The second-order valence-electron chi connectivity index (χ2n) is 6.44. The van der Waals surface area contributed by atoms with Gasteiger partial charge in [0.1, 0.15) is 18.5 Å². The van der Waals surface area contributed by atoms with Crippen LogP contribution in [-0.4, -0.2) is 42.9 Å². The third-order valence-corrected chi connectivity index (χ3v) is 5.59. The molecule has 0 saturated carbocycles. The third kappa shape index (κ3) is 3.06. The number of para-hydroxylation sites is 2. The number of nitrogens with zero attached hydrogens (tertiary/aromatic N) is 2. The van der Waals surface area contributed by atoms with Gasteiger partial charge in [0.15, 0.2) is 16.6 Å². The van der Waals surface area contributed by atoms with Gasteiger partial charge < -0.3 is 19.1 Å². The number of thiazole rings is 1. The fraction of sp³-hybridized carbons (Fsp3) is 0.263. The molecule has 3 aromatic rings. The van der Waals surface area contributed by atoms with Crippen molar-refractivity contribution in [3.8, 4) is 11.5 Å². The van der Waals surface area contributed by atoms with Crippen molar-refractivity contribution in [1.29, 1.82) is 0 Å². The van der Waals surface area contributed by atoms with Gasteiger partial charge in [-0.15, -0.1) is 0 Å². The number of carbonyl (C=O) groups excluding carboxylic acids is 1. The van der Waals surface area contributed by atoms with Gasteiger partial charge in [-0.2, -0.15) is 0 Å². The maximum atomic E-state index is 13.3. The molecule has 2 aliphatic rings. The van der Waals surface area contributed by atoms with Crippen LogP contribution in [0.15, 0.2) is 42.5 Å². The molecule has 0 radical (unpaired) electrons. The van der Waals surface area contributed by atoms with Gasteiger partial charge in [0.2, 0.25) is 6.10 Å². The van der Waals surface area contributed by atoms with Crippen LogP contribution in [0.2, 0.25) is 0 Å². The lowest BCUT2D eigenvalue weighted by Crippen LogP contribution is -2.54. The highest BCUT2D eigenvalue weighted by molar-refractivity contribution is 7.22. The number of halogens is 1. The summed E-state index contributed by atoms with van der Waals surface area (Å²) in [5.74, 6) is 0.469. The van der Waals surface area contributed by atoms with Crippen LogP contribution in [0.1, 0.15) is 0 Å². The Morgan fingerprint density at radius 3 is 2.89 bits per heavy atom. The molecule has 0 bridgehead atoms. The first kappa shape index (κ1) is 16.3. The Kier molecular flexibility index (Phi) is 3.86. The molecule has 0 aliphatic carbocycles. The average molecular weight is 386 g/mol. The molecule has 3 heterocycles. The lowest BCUT2D eigenvalue weighted by molar-refractivity contribution is -0.161. The fourth-order valence-electron chi connectivity index (χ4n) is 3.07. The Balaban J connectivity index is 1.18. The van der Waals surface area contributed by atoms with Gasteiger partial charge in [0, 0.05) is 0 Å². The summed E-state index contributed by atoms with van der Waals surface area (Å²) in [5.41, 5.74) is 0.767. The van der Waals surface area contributed by atoms with E-state index in [2.05, 4.69) is 4.98 Å². The Morgan fingerprint density at radius 1 is 1.22 bits per heavy atom. The SMILES string of the molecule is O=C(OC1CN(c2nc3ccc(F)cc3s2)C1)[C@@H]1COc2ccccc2O1. The molecule has 0 spiro atoms. The molecule has 5 rings (SSSR count). The molecular weight excluding hydrogens is 371 g/mol. The van der Waals surface area contributed by atoms with Crippen LogP contribution in [0.5, 0.6) is 11.5 Å². The first-order chi connectivity index (χ1) is 13.2. The van der Waals surface area contributed by atoms with E-state index < -0.39 is 12.1 Å². The van der Waals surface area contributed by atoms with Crippen molar-refractivity contribution in [1.82, 2.24) is 4.98 Å². The molecular formula is C19H15FN2O4S. The van der Waals surface area contributed by atoms with Gasteiger partial charge in [0.25, 0.3) is 0 Å². The monoisotopic (exact) mass is 386 g/mol. The van der Waals surface area contributed by atoms with Crippen LogP contribution in [-0.2, 0) is 9.53 Å². The molecule has 2 aromatic carbocycles.